The van der Waals surface area contributed by atoms with Crippen LogP contribution in [0.25, 0.3) is 21.8 Å². The average molecular weight is 566 g/mol. The van der Waals surface area contributed by atoms with E-state index in [2.05, 4.69) is 22.1 Å². The summed E-state index contributed by atoms with van der Waals surface area (Å²) in [5, 5.41) is 4.83. The third-order valence-corrected chi connectivity index (χ3v) is 8.06. The van der Waals surface area contributed by atoms with Gasteiger partial charge in [-0.25, -0.2) is 15.0 Å². The van der Waals surface area contributed by atoms with Gasteiger partial charge in [0.25, 0.3) is 0 Å². The molecule has 1 fully saturated rings. The molecule has 1 saturated heterocycles. The van der Waals surface area contributed by atoms with Crippen LogP contribution in [-0.2, 0) is 6.42 Å². The molecule has 2 aromatic carbocycles. The molecule has 3 heterocycles. The van der Waals surface area contributed by atoms with Crippen molar-refractivity contribution in [2.24, 2.45) is 0 Å². The number of thiazole rings is 1. The highest BCUT2D eigenvalue weighted by Gasteiger charge is 2.18. The normalized spacial score (nSPS) is 13.4. The molecule has 5 rings (SSSR count). The number of methoxy groups -OCH3 is 2. The highest BCUT2D eigenvalue weighted by molar-refractivity contribution is 7.15. The number of halogens is 1. The largest absolute Gasteiger partial charge is 0.497 e. The van der Waals surface area contributed by atoms with E-state index in [4.69, 9.17) is 35.8 Å². The summed E-state index contributed by atoms with van der Waals surface area (Å²) in [4.78, 5) is 17.5. The van der Waals surface area contributed by atoms with Crippen molar-refractivity contribution in [3.05, 3.63) is 58.7 Å². The molecule has 0 radical (unpaired) electrons. The minimum atomic E-state index is 0.465. The molecule has 39 heavy (non-hydrogen) atoms. The molecule has 8 nitrogen and oxygen atoms in total. The lowest BCUT2D eigenvalue weighted by Crippen LogP contribution is -2.25. The summed E-state index contributed by atoms with van der Waals surface area (Å²) in [6, 6.07) is 13.3. The average Bonchev–Trinajstić information content (AvgIpc) is 3.64. The zero-order chi connectivity index (χ0) is 27.2. The number of hydrogen-bond donors (Lipinski definition) is 1. The van der Waals surface area contributed by atoms with Crippen molar-refractivity contribution in [1.29, 1.82) is 0 Å². The Balaban J connectivity index is 1.35. The number of aryl methyl sites for hydroxylation is 1. The second-order valence-electron chi connectivity index (χ2n) is 9.17. The third kappa shape index (κ3) is 6.61. The summed E-state index contributed by atoms with van der Waals surface area (Å²) >= 11 is 8.15. The number of aromatic nitrogens is 3. The number of rotatable bonds is 11. The topological polar surface area (TPSA) is 81.6 Å². The second-order valence-corrected chi connectivity index (χ2v) is 10.7. The van der Waals surface area contributed by atoms with Crippen molar-refractivity contribution in [2.75, 3.05) is 45.8 Å². The Kier molecular flexibility index (Phi) is 8.81. The van der Waals surface area contributed by atoms with Gasteiger partial charge in [0.2, 0.25) is 5.95 Å². The van der Waals surface area contributed by atoms with Crippen LogP contribution in [0.2, 0.25) is 5.02 Å². The number of anilines is 2. The predicted molar refractivity (Wildman–Crippen MR) is 157 cm³/mol. The first-order valence-corrected chi connectivity index (χ1v) is 14.2. The lowest BCUT2D eigenvalue weighted by molar-refractivity contribution is 0.238. The lowest BCUT2D eigenvalue weighted by Gasteiger charge is -2.16. The molecule has 0 atom stereocenters. The van der Waals surface area contributed by atoms with Gasteiger partial charge in [-0.2, -0.15) is 0 Å². The maximum atomic E-state index is 6.53. The molecule has 1 aliphatic heterocycles. The van der Waals surface area contributed by atoms with Gasteiger partial charge in [-0.05, 0) is 68.8 Å². The summed E-state index contributed by atoms with van der Waals surface area (Å²) < 4.78 is 16.9. The van der Waals surface area contributed by atoms with Gasteiger partial charge in [-0.15, -0.1) is 11.3 Å². The van der Waals surface area contributed by atoms with Crippen molar-refractivity contribution in [2.45, 2.75) is 26.2 Å². The first-order chi connectivity index (χ1) is 19.1. The summed E-state index contributed by atoms with van der Waals surface area (Å²) in [5.74, 6) is 2.54. The van der Waals surface area contributed by atoms with Crippen molar-refractivity contribution >= 4 is 34.6 Å². The Morgan fingerprint density at radius 2 is 1.77 bits per heavy atom. The van der Waals surface area contributed by atoms with Gasteiger partial charge in [0.15, 0.2) is 0 Å². The van der Waals surface area contributed by atoms with E-state index < -0.39 is 0 Å². The van der Waals surface area contributed by atoms with E-state index in [1.807, 2.05) is 42.5 Å². The van der Waals surface area contributed by atoms with E-state index in [1.54, 1.807) is 31.8 Å². The van der Waals surface area contributed by atoms with Crippen LogP contribution in [0.3, 0.4) is 0 Å². The number of ether oxygens (including phenoxy) is 3. The molecule has 4 aromatic rings. The van der Waals surface area contributed by atoms with E-state index in [0.29, 0.717) is 34.8 Å². The van der Waals surface area contributed by atoms with E-state index >= 15 is 0 Å². The highest BCUT2D eigenvalue weighted by Crippen LogP contribution is 2.39. The van der Waals surface area contributed by atoms with Gasteiger partial charge in [-0.1, -0.05) is 18.5 Å². The lowest BCUT2D eigenvalue weighted by atomic mass is 10.1. The molecular formula is C29H32ClN5O3S. The smallest absolute Gasteiger partial charge is 0.227 e. The number of hydrogen-bond acceptors (Lipinski definition) is 9. The molecule has 204 valence electrons. The summed E-state index contributed by atoms with van der Waals surface area (Å²) in [6.07, 6.45) is 5.09. The standard InChI is InChI=1S/C29H32ClN5O3S/c1-4-26-34-27(19-15-21(36-2)18-22(16-19)37-3)28(39-26)24-9-10-31-29(33-24)32-20-7-8-25(23(30)17-20)38-14-13-35-11-5-6-12-35/h7-10,15-18H,4-6,11-14H2,1-3H3,(H,31,32,33). The Morgan fingerprint density at radius 3 is 2.46 bits per heavy atom. The van der Waals surface area contributed by atoms with Gasteiger partial charge < -0.3 is 19.5 Å². The molecule has 1 N–H and O–H groups in total. The van der Waals surface area contributed by atoms with Crippen LogP contribution < -0.4 is 19.5 Å². The Labute approximate surface area is 237 Å². The monoisotopic (exact) mass is 565 g/mol. The molecule has 0 aliphatic carbocycles. The third-order valence-electron chi connectivity index (χ3n) is 6.54. The zero-order valence-electron chi connectivity index (χ0n) is 22.4. The van der Waals surface area contributed by atoms with Gasteiger partial charge in [0.05, 0.1) is 40.5 Å². The fourth-order valence-electron chi connectivity index (χ4n) is 4.49. The number of nitrogens with zero attached hydrogens (tertiary/aromatic N) is 4. The molecule has 0 saturated carbocycles. The van der Waals surface area contributed by atoms with Crippen LogP contribution in [0.1, 0.15) is 24.8 Å². The van der Waals surface area contributed by atoms with Crippen molar-refractivity contribution in [3.63, 3.8) is 0 Å². The maximum absolute atomic E-state index is 6.53. The molecule has 0 unspecified atom stereocenters. The van der Waals surface area contributed by atoms with Crippen molar-refractivity contribution < 1.29 is 14.2 Å². The van der Waals surface area contributed by atoms with Crippen LogP contribution in [-0.4, -0.2) is 60.3 Å². The van der Waals surface area contributed by atoms with Crippen molar-refractivity contribution in [3.8, 4) is 39.1 Å². The quantitative estimate of drug-likeness (QED) is 0.215. The highest BCUT2D eigenvalue weighted by atomic mass is 35.5. The SMILES string of the molecule is CCc1nc(-c2cc(OC)cc(OC)c2)c(-c2ccnc(Nc3ccc(OCCN4CCCC4)c(Cl)c3)n2)s1. The van der Waals surface area contributed by atoms with Gasteiger partial charge in [0.1, 0.15) is 23.9 Å². The number of benzene rings is 2. The Hall–Kier alpha value is -3.40. The van der Waals surface area contributed by atoms with Gasteiger partial charge >= 0.3 is 0 Å². The first-order valence-electron chi connectivity index (χ1n) is 13.0. The summed E-state index contributed by atoms with van der Waals surface area (Å²) in [5.41, 5.74) is 3.28. The van der Waals surface area contributed by atoms with Crippen LogP contribution >= 0.6 is 22.9 Å². The molecule has 2 aromatic heterocycles. The Bertz CT molecular complexity index is 1400. The molecule has 0 bridgehead atoms. The number of likely N-dealkylation sites (tertiary alicyclic amines) is 1. The van der Waals surface area contributed by atoms with E-state index in [-0.39, 0.29) is 0 Å². The van der Waals surface area contributed by atoms with Gasteiger partial charge in [0, 0.05) is 30.1 Å². The van der Waals surface area contributed by atoms with Crippen LogP contribution in [0, 0.1) is 0 Å². The molecule has 0 spiro atoms. The maximum Gasteiger partial charge on any atom is 0.227 e. The van der Waals surface area contributed by atoms with E-state index in [9.17, 15) is 0 Å². The van der Waals surface area contributed by atoms with Crippen LogP contribution in [0.4, 0.5) is 11.6 Å². The molecule has 10 heteroatoms. The zero-order valence-corrected chi connectivity index (χ0v) is 23.9. The molecule has 1 aliphatic rings. The minimum absolute atomic E-state index is 0.465. The Morgan fingerprint density at radius 1 is 1.00 bits per heavy atom. The molecule has 0 amide bonds. The minimum Gasteiger partial charge on any atom is -0.497 e. The van der Waals surface area contributed by atoms with Crippen LogP contribution in [0.5, 0.6) is 17.2 Å². The summed E-state index contributed by atoms with van der Waals surface area (Å²) in [7, 11) is 3.28. The fraction of sp³-hybridized carbons (Fsp3) is 0.345. The second kappa shape index (κ2) is 12.6. The van der Waals surface area contributed by atoms with E-state index in [0.717, 1.165) is 58.6 Å². The molecular weight excluding hydrogens is 534 g/mol. The van der Waals surface area contributed by atoms with Gasteiger partial charge in [-0.3, -0.25) is 4.90 Å². The van der Waals surface area contributed by atoms with E-state index in [1.165, 1.54) is 12.8 Å². The van der Waals surface area contributed by atoms with Crippen LogP contribution in [0.15, 0.2) is 48.7 Å². The summed E-state index contributed by atoms with van der Waals surface area (Å²) in [6.45, 7) is 5.92. The number of nitrogens with one attached hydrogen (secondary N) is 1. The van der Waals surface area contributed by atoms with Crippen molar-refractivity contribution in [1.82, 2.24) is 19.9 Å². The predicted octanol–water partition coefficient (Wildman–Crippen LogP) is 6.72. The fourth-order valence-corrected chi connectivity index (χ4v) is 5.72. The first kappa shape index (κ1) is 27.2.